The van der Waals surface area contributed by atoms with Gasteiger partial charge in [0, 0.05) is 27.9 Å². The van der Waals surface area contributed by atoms with Crippen molar-refractivity contribution in [1.29, 1.82) is 0 Å². The summed E-state index contributed by atoms with van der Waals surface area (Å²) in [6.45, 7) is 6.67. The molecule has 35 heavy (non-hydrogen) atoms. The first-order valence-corrected chi connectivity index (χ1v) is 12.8. The molecule has 1 fully saturated rings. The number of benzene rings is 1. The zero-order valence-corrected chi connectivity index (χ0v) is 21.0. The van der Waals surface area contributed by atoms with E-state index in [4.69, 9.17) is 14.9 Å². The van der Waals surface area contributed by atoms with Crippen molar-refractivity contribution in [2.45, 2.75) is 81.7 Å². The number of aryl methyl sites for hydroxylation is 1. The maximum atomic E-state index is 10.6. The molecule has 2 aromatic heterocycles. The lowest BCUT2D eigenvalue weighted by atomic mass is 9.95. The molecule has 9 heteroatoms. The maximum Gasteiger partial charge on any atom is 0.490 e. The molecule has 4 rings (SSSR count). The Morgan fingerprint density at radius 1 is 1.17 bits per heavy atom. The van der Waals surface area contributed by atoms with Crippen molar-refractivity contribution in [3.8, 4) is 11.3 Å². The first-order valence-electron chi connectivity index (χ1n) is 11.9. The van der Waals surface area contributed by atoms with Crippen LogP contribution in [0.25, 0.3) is 16.9 Å². The molecule has 3 aromatic rings. The van der Waals surface area contributed by atoms with E-state index in [9.17, 15) is 13.2 Å². The summed E-state index contributed by atoms with van der Waals surface area (Å²) in [6.07, 6.45) is 4.82. The number of rotatable bonds is 6. The Hall–Kier alpha value is -2.68. The van der Waals surface area contributed by atoms with Crippen LogP contribution in [0.5, 0.6) is 0 Å². The minimum absolute atomic E-state index is 0.549. The number of carboxylic acids is 1. The first-order chi connectivity index (χ1) is 16.6. The highest BCUT2D eigenvalue weighted by Crippen LogP contribution is 2.33. The number of imidazole rings is 1. The van der Waals surface area contributed by atoms with Gasteiger partial charge < -0.3 is 10.4 Å². The van der Waals surface area contributed by atoms with E-state index in [0.29, 0.717) is 11.3 Å². The molecule has 0 saturated heterocycles. The monoisotopic (exact) mass is 507 g/mol. The summed E-state index contributed by atoms with van der Waals surface area (Å²) in [4.78, 5) is 15.2. The molecule has 0 spiro atoms. The summed E-state index contributed by atoms with van der Waals surface area (Å²) in [6, 6.07) is 13.8. The van der Waals surface area contributed by atoms with E-state index < -0.39 is 12.1 Å². The van der Waals surface area contributed by atoms with E-state index in [1.807, 2.05) is 11.8 Å². The highest BCUT2D eigenvalue weighted by Gasteiger charge is 2.38. The number of aromatic nitrogens is 2. The fourth-order valence-electron chi connectivity index (χ4n) is 3.94. The molecule has 0 bridgehead atoms. The second-order valence-electron chi connectivity index (χ2n) is 8.89. The average Bonchev–Trinajstić information content (AvgIpc) is 3.17. The molecule has 1 aromatic carbocycles. The zero-order chi connectivity index (χ0) is 25.6. The maximum absolute atomic E-state index is 10.6. The number of nitrogens with one attached hydrogen (secondary N) is 1. The van der Waals surface area contributed by atoms with Gasteiger partial charge in [-0.25, -0.2) is 9.78 Å². The third kappa shape index (κ3) is 7.40. The van der Waals surface area contributed by atoms with Gasteiger partial charge in [0.1, 0.15) is 17.2 Å². The van der Waals surface area contributed by atoms with Gasteiger partial charge in [0.25, 0.3) is 0 Å². The van der Waals surface area contributed by atoms with Gasteiger partial charge in [-0.3, -0.25) is 4.40 Å². The van der Waals surface area contributed by atoms with Crippen molar-refractivity contribution in [3.63, 3.8) is 0 Å². The van der Waals surface area contributed by atoms with Crippen LogP contribution in [0.15, 0.2) is 47.5 Å². The van der Waals surface area contributed by atoms with Gasteiger partial charge in [-0.05, 0) is 49.9 Å². The Morgan fingerprint density at radius 2 is 1.80 bits per heavy atom. The quantitative estimate of drug-likeness (QED) is 0.337. The summed E-state index contributed by atoms with van der Waals surface area (Å²) in [7, 11) is 0. The molecule has 0 aliphatic heterocycles. The molecular formula is C26H32F3N3O2S. The Labute approximate surface area is 208 Å². The number of fused-ring (bicyclic) bond motifs is 1. The van der Waals surface area contributed by atoms with Crippen LogP contribution in [0.2, 0.25) is 0 Å². The molecule has 1 saturated carbocycles. The number of pyridine rings is 1. The summed E-state index contributed by atoms with van der Waals surface area (Å²) >= 11 is 1.95. The number of hydrogen-bond donors (Lipinski definition) is 2. The number of alkyl halides is 3. The van der Waals surface area contributed by atoms with Gasteiger partial charge in [-0.1, -0.05) is 51.3 Å². The van der Waals surface area contributed by atoms with Crippen LogP contribution >= 0.6 is 11.8 Å². The average molecular weight is 508 g/mol. The van der Waals surface area contributed by atoms with Crippen molar-refractivity contribution in [2.24, 2.45) is 0 Å². The predicted octanol–water partition coefficient (Wildman–Crippen LogP) is 7.58. The van der Waals surface area contributed by atoms with Crippen LogP contribution in [0.1, 0.15) is 57.9 Å². The van der Waals surface area contributed by atoms with Gasteiger partial charge in [-0.15, -0.1) is 11.8 Å². The first kappa shape index (κ1) is 26.9. The van der Waals surface area contributed by atoms with Crippen LogP contribution in [0, 0.1) is 6.92 Å². The van der Waals surface area contributed by atoms with E-state index in [-0.39, 0.29) is 0 Å². The fourth-order valence-corrected chi connectivity index (χ4v) is 4.86. The van der Waals surface area contributed by atoms with E-state index in [1.165, 1.54) is 54.5 Å². The number of nitrogens with zero attached hydrogens (tertiary/aromatic N) is 2. The van der Waals surface area contributed by atoms with Crippen LogP contribution in [-0.2, 0) is 4.79 Å². The van der Waals surface area contributed by atoms with Crippen molar-refractivity contribution >= 4 is 29.2 Å². The topological polar surface area (TPSA) is 66.6 Å². The van der Waals surface area contributed by atoms with Gasteiger partial charge in [0.05, 0.1) is 0 Å². The molecule has 1 aliphatic rings. The summed E-state index contributed by atoms with van der Waals surface area (Å²) < 4.78 is 34.0. The summed E-state index contributed by atoms with van der Waals surface area (Å²) in [5.41, 5.74) is 4.52. The Kier molecular flexibility index (Phi) is 9.10. The number of aliphatic carboxylic acids is 1. The fraction of sp³-hybridized carbons (Fsp3) is 0.462. The lowest BCUT2D eigenvalue weighted by Gasteiger charge is -2.24. The Balaban J connectivity index is 0.000000429. The number of carboxylic acid groups (broad SMARTS) is 1. The second-order valence-corrected chi connectivity index (χ2v) is 10.4. The third-order valence-corrected chi connectivity index (χ3v) is 7.27. The molecule has 1 unspecified atom stereocenters. The van der Waals surface area contributed by atoms with Crippen LogP contribution < -0.4 is 5.32 Å². The van der Waals surface area contributed by atoms with E-state index in [2.05, 4.69) is 73.1 Å². The molecule has 1 aliphatic carbocycles. The molecule has 190 valence electrons. The lowest BCUT2D eigenvalue weighted by Crippen LogP contribution is -2.23. The van der Waals surface area contributed by atoms with Gasteiger partial charge in [-0.2, -0.15) is 13.2 Å². The largest absolute Gasteiger partial charge is 0.490 e. The molecule has 0 amide bonds. The summed E-state index contributed by atoms with van der Waals surface area (Å²) in [5.74, 6) is -1.61. The van der Waals surface area contributed by atoms with Crippen molar-refractivity contribution in [3.05, 3.63) is 48.2 Å². The van der Waals surface area contributed by atoms with Crippen LogP contribution in [0.4, 0.5) is 19.0 Å². The second kappa shape index (κ2) is 11.8. The van der Waals surface area contributed by atoms with E-state index >= 15 is 0 Å². The molecule has 5 nitrogen and oxygen atoms in total. The molecule has 2 N–H and O–H groups in total. The van der Waals surface area contributed by atoms with Gasteiger partial charge in [0.2, 0.25) is 0 Å². The van der Waals surface area contributed by atoms with E-state index in [0.717, 1.165) is 17.2 Å². The molecule has 0 radical (unpaired) electrons. The Morgan fingerprint density at radius 3 is 2.37 bits per heavy atom. The predicted molar refractivity (Wildman–Crippen MR) is 135 cm³/mol. The SMILES string of the molecule is CCC(C)Sc1ccc(-c2nc3ccc(C)cn3c2NC2CCCCC2)cc1.O=C(O)C(F)(F)F. The molecular weight excluding hydrogens is 475 g/mol. The highest BCUT2D eigenvalue weighted by molar-refractivity contribution is 7.99. The number of anilines is 1. The van der Waals surface area contributed by atoms with Gasteiger partial charge in [0.15, 0.2) is 0 Å². The number of carbonyl (C=O) groups is 1. The van der Waals surface area contributed by atoms with Crippen molar-refractivity contribution in [1.82, 2.24) is 9.38 Å². The van der Waals surface area contributed by atoms with Crippen molar-refractivity contribution in [2.75, 3.05) is 5.32 Å². The number of thioether (sulfide) groups is 1. The normalized spacial score (nSPS) is 15.4. The highest BCUT2D eigenvalue weighted by atomic mass is 32.2. The number of hydrogen-bond acceptors (Lipinski definition) is 4. The van der Waals surface area contributed by atoms with Crippen molar-refractivity contribution < 1.29 is 23.1 Å². The minimum Gasteiger partial charge on any atom is -0.475 e. The Bertz CT molecular complexity index is 1120. The lowest BCUT2D eigenvalue weighted by molar-refractivity contribution is -0.192. The zero-order valence-electron chi connectivity index (χ0n) is 20.2. The summed E-state index contributed by atoms with van der Waals surface area (Å²) in [5, 5.41) is 11.6. The standard InChI is InChI=1S/C24H31N3S.C2HF3O2/c1-4-18(3)28-21-13-11-19(12-14-21)23-24(25-20-8-6-5-7-9-20)27-16-17(2)10-15-22(27)26-23;3-2(4,5)1(6)7/h10-16,18,20,25H,4-9H2,1-3H3;(H,6,7). The molecule has 1 atom stereocenters. The third-order valence-electron chi connectivity index (χ3n) is 5.99. The van der Waals surface area contributed by atoms with Crippen LogP contribution in [0.3, 0.4) is 0 Å². The smallest absolute Gasteiger partial charge is 0.475 e. The molecule has 2 heterocycles. The van der Waals surface area contributed by atoms with Gasteiger partial charge >= 0.3 is 12.1 Å². The van der Waals surface area contributed by atoms with E-state index in [1.54, 1.807) is 0 Å². The minimum atomic E-state index is -5.08. The van der Waals surface area contributed by atoms with Crippen LogP contribution in [-0.4, -0.2) is 37.9 Å². The number of halogens is 3.